The van der Waals surface area contributed by atoms with Gasteiger partial charge in [0.05, 0.1) is 17.9 Å². The fourth-order valence-corrected chi connectivity index (χ4v) is 5.29. The minimum atomic E-state index is -0.957. The first-order valence-corrected chi connectivity index (χ1v) is 12.5. The van der Waals surface area contributed by atoms with Gasteiger partial charge in [-0.2, -0.15) is 5.10 Å². The Labute approximate surface area is 204 Å². The molecule has 0 unspecified atom stereocenters. The molecule has 1 aliphatic carbocycles. The number of carbonyl (C=O) groups is 1. The van der Waals surface area contributed by atoms with Gasteiger partial charge < -0.3 is 15.2 Å². The lowest BCUT2D eigenvalue weighted by Crippen LogP contribution is -2.41. The highest BCUT2D eigenvalue weighted by Gasteiger charge is 2.32. The van der Waals surface area contributed by atoms with Gasteiger partial charge in [-0.25, -0.2) is 14.8 Å². The van der Waals surface area contributed by atoms with E-state index < -0.39 is 6.09 Å². The molecule has 6 rings (SSSR count). The van der Waals surface area contributed by atoms with Crippen molar-refractivity contribution in [3.05, 3.63) is 48.0 Å². The number of aromatic nitrogens is 4. The van der Waals surface area contributed by atoms with Crippen LogP contribution in [0.15, 0.2) is 36.9 Å². The monoisotopic (exact) mass is 474 g/mol. The summed E-state index contributed by atoms with van der Waals surface area (Å²) in [5.74, 6) is 1.18. The van der Waals surface area contributed by atoms with Crippen molar-refractivity contribution in [3.63, 3.8) is 0 Å². The molecule has 35 heavy (non-hydrogen) atoms. The maximum absolute atomic E-state index is 12.1. The molecule has 1 amide bonds. The van der Waals surface area contributed by atoms with Gasteiger partial charge in [-0.1, -0.05) is 0 Å². The van der Waals surface area contributed by atoms with E-state index in [1.807, 2.05) is 42.3 Å². The molecule has 1 saturated carbocycles. The van der Waals surface area contributed by atoms with E-state index in [9.17, 15) is 9.90 Å². The van der Waals surface area contributed by atoms with Crippen molar-refractivity contribution in [3.8, 4) is 22.9 Å². The van der Waals surface area contributed by atoms with Gasteiger partial charge in [-0.3, -0.25) is 9.58 Å². The van der Waals surface area contributed by atoms with Gasteiger partial charge in [0.2, 0.25) is 0 Å². The van der Waals surface area contributed by atoms with Crippen molar-refractivity contribution >= 4 is 11.8 Å². The fraction of sp³-hybridized carbons (Fsp3) is 0.462. The summed E-state index contributed by atoms with van der Waals surface area (Å²) in [4.78, 5) is 22.5. The number of hydrogen-bond acceptors (Lipinski definition) is 6. The molecule has 3 aliphatic rings. The van der Waals surface area contributed by atoms with Crippen molar-refractivity contribution < 1.29 is 14.6 Å². The smallest absolute Gasteiger partial charge is 0.412 e. The molecule has 2 fully saturated rings. The first-order valence-electron chi connectivity index (χ1n) is 12.5. The number of rotatable bonds is 5. The predicted octanol–water partition coefficient (Wildman–Crippen LogP) is 4.75. The van der Waals surface area contributed by atoms with E-state index in [0.29, 0.717) is 29.8 Å². The fourth-order valence-electron chi connectivity index (χ4n) is 5.29. The summed E-state index contributed by atoms with van der Waals surface area (Å²) >= 11 is 0. The predicted molar refractivity (Wildman–Crippen MR) is 131 cm³/mol. The summed E-state index contributed by atoms with van der Waals surface area (Å²) in [5.41, 5.74) is 4.49. The first-order chi connectivity index (χ1) is 17.1. The van der Waals surface area contributed by atoms with Gasteiger partial charge in [-0.05, 0) is 82.2 Å². The second-order valence-corrected chi connectivity index (χ2v) is 9.85. The summed E-state index contributed by atoms with van der Waals surface area (Å²) in [6, 6.07) is 4.37. The van der Waals surface area contributed by atoms with Crippen LogP contribution in [-0.4, -0.2) is 50.1 Å². The van der Waals surface area contributed by atoms with Crippen molar-refractivity contribution in [2.24, 2.45) is 0 Å². The maximum Gasteiger partial charge on any atom is 0.412 e. The number of nitrogens with one attached hydrogen (secondary N) is 1. The Balaban J connectivity index is 1.41. The molecule has 3 aromatic rings. The zero-order valence-electron chi connectivity index (χ0n) is 19.9. The lowest BCUT2D eigenvalue weighted by Gasteiger charge is -2.34. The van der Waals surface area contributed by atoms with Crippen LogP contribution in [0.1, 0.15) is 62.1 Å². The number of amides is 1. The maximum atomic E-state index is 12.1. The van der Waals surface area contributed by atoms with Crippen LogP contribution in [0.2, 0.25) is 0 Å². The minimum Gasteiger partial charge on any atom is -0.465 e. The molecule has 0 bridgehead atoms. The Morgan fingerprint density at radius 2 is 1.86 bits per heavy atom. The van der Waals surface area contributed by atoms with Gasteiger partial charge >= 0.3 is 12.1 Å². The number of hydrogen-bond donors (Lipinski definition) is 2. The van der Waals surface area contributed by atoms with Crippen LogP contribution in [0.4, 0.5) is 10.5 Å². The summed E-state index contributed by atoms with van der Waals surface area (Å²) in [7, 11) is 0. The largest absolute Gasteiger partial charge is 0.465 e. The quantitative estimate of drug-likeness (QED) is 0.549. The SMILES string of the molecule is C[C@H]1CCc2c(ccc(-c3cnn(C4CCNCC4)c3)c2Oc2ncc(C3CC3)cn2)N1C(=O)O. The molecule has 2 aromatic heterocycles. The molecule has 1 saturated heterocycles. The van der Waals surface area contributed by atoms with Crippen LogP contribution >= 0.6 is 0 Å². The number of benzene rings is 1. The van der Waals surface area contributed by atoms with Gasteiger partial charge in [0.25, 0.3) is 0 Å². The molecule has 9 nitrogen and oxygen atoms in total. The van der Waals surface area contributed by atoms with E-state index in [4.69, 9.17) is 4.74 Å². The number of nitrogens with zero attached hydrogens (tertiary/aromatic N) is 5. The average molecular weight is 475 g/mol. The van der Waals surface area contributed by atoms with Crippen LogP contribution in [0.3, 0.4) is 0 Å². The molecule has 0 spiro atoms. The Hall–Kier alpha value is -3.46. The Bertz CT molecular complexity index is 1230. The molecule has 1 atom stereocenters. The first kappa shape index (κ1) is 22.0. The van der Waals surface area contributed by atoms with Gasteiger partial charge in [-0.15, -0.1) is 0 Å². The van der Waals surface area contributed by atoms with Crippen molar-refractivity contribution in [1.29, 1.82) is 0 Å². The highest BCUT2D eigenvalue weighted by Crippen LogP contribution is 2.45. The summed E-state index contributed by atoms with van der Waals surface area (Å²) < 4.78 is 8.39. The Kier molecular flexibility index (Phi) is 5.64. The number of carboxylic acid groups (broad SMARTS) is 1. The van der Waals surface area contributed by atoms with Crippen molar-refractivity contribution in [2.75, 3.05) is 18.0 Å². The zero-order chi connectivity index (χ0) is 23.9. The zero-order valence-corrected chi connectivity index (χ0v) is 19.9. The number of fused-ring (bicyclic) bond motifs is 1. The average Bonchev–Trinajstić information content (AvgIpc) is 3.61. The minimum absolute atomic E-state index is 0.101. The molecule has 2 aliphatic heterocycles. The van der Waals surface area contributed by atoms with Crippen LogP contribution in [0, 0.1) is 0 Å². The molecule has 2 N–H and O–H groups in total. The van der Waals surface area contributed by atoms with Crippen molar-refractivity contribution in [2.45, 2.75) is 63.5 Å². The highest BCUT2D eigenvalue weighted by atomic mass is 16.5. The van der Waals surface area contributed by atoms with E-state index in [2.05, 4.69) is 26.6 Å². The van der Waals surface area contributed by atoms with E-state index in [1.165, 1.54) is 17.7 Å². The third-order valence-electron chi connectivity index (χ3n) is 7.44. The molecule has 1 aromatic carbocycles. The Morgan fingerprint density at radius 1 is 1.09 bits per heavy atom. The summed E-state index contributed by atoms with van der Waals surface area (Å²) in [6.45, 7) is 3.92. The third-order valence-corrected chi connectivity index (χ3v) is 7.44. The van der Waals surface area contributed by atoms with Crippen LogP contribution in [0.25, 0.3) is 11.1 Å². The molecule has 182 valence electrons. The summed E-state index contributed by atoms with van der Waals surface area (Å²) in [5, 5.41) is 18.0. The third kappa shape index (κ3) is 4.25. The lowest BCUT2D eigenvalue weighted by molar-refractivity contribution is 0.198. The molecule has 9 heteroatoms. The molecule has 0 radical (unpaired) electrons. The molecular weight excluding hydrogens is 444 g/mol. The van der Waals surface area contributed by atoms with Gasteiger partial charge in [0, 0.05) is 41.3 Å². The standard InChI is InChI=1S/C26H30N6O3/c1-16-2-5-22-23(32(16)26(33)34)7-6-21(19-14-30-31(15-19)20-8-10-27-11-9-20)24(22)35-25-28-12-18(13-29-25)17-3-4-17/h6-7,12-17,20,27H,2-5,8-11H2,1H3,(H,33,34)/t16-/m0/s1. The normalized spacial score (nSPS) is 20.5. The van der Waals surface area contributed by atoms with Crippen molar-refractivity contribution in [1.82, 2.24) is 25.1 Å². The molecular formula is C26H30N6O3. The van der Waals surface area contributed by atoms with Gasteiger partial charge in [0.15, 0.2) is 0 Å². The van der Waals surface area contributed by atoms with E-state index in [1.54, 1.807) is 0 Å². The van der Waals surface area contributed by atoms with Crippen LogP contribution in [-0.2, 0) is 6.42 Å². The second kappa shape index (κ2) is 8.96. The molecule has 4 heterocycles. The van der Waals surface area contributed by atoms with Crippen LogP contribution < -0.4 is 15.0 Å². The number of ether oxygens (including phenoxy) is 1. The number of anilines is 1. The Morgan fingerprint density at radius 3 is 2.57 bits per heavy atom. The van der Waals surface area contributed by atoms with E-state index in [-0.39, 0.29) is 12.1 Å². The number of piperidine rings is 1. The van der Waals surface area contributed by atoms with E-state index in [0.717, 1.165) is 54.6 Å². The van der Waals surface area contributed by atoms with E-state index >= 15 is 0 Å². The lowest BCUT2D eigenvalue weighted by atomic mass is 9.92. The highest BCUT2D eigenvalue weighted by molar-refractivity contribution is 5.91. The summed E-state index contributed by atoms with van der Waals surface area (Å²) in [6.07, 6.45) is 12.6. The van der Waals surface area contributed by atoms with Gasteiger partial charge in [0.1, 0.15) is 5.75 Å². The second-order valence-electron chi connectivity index (χ2n) is 9.85. The topological polar surface area (TPSA) is 105 Å². The van der Waals surface area contributed by atoms with Crippen LogP contribution in [0.5, 0.6) is 11.8 Å².